The van der Waals surface area contributed by atoms with Crippen LogP contribution in [0.4, 0.5) is 0 Å². The van der Waals surface area contributed by atoms with Crippen molar-refractivity contribution in [1.82, 2.24) is 10.3 Å². The van der Waals surface area contributed by atoms with E-state index in [0.29, 0.717) is 12.1 Å². The minimum atomic E-state index is -0.0368. The first-order valence-electron chi connectivity index (χ1n) is 6.28. The number of hydrogen-bond acceptors (Lipinski definition) is 2. The average molecular weight is 242 g/mol. The van der Waals surface area contributed by atoms with Crippen LogP contribution in [0.3, 0.4) is 0 Å². The van der Waals surface area contributed by atoms with Crippen LogP contribution in [0.15, 0.2) is 24.3 Å². The Bertz CT molecular complexity index is 590. The number of pyridine rings is 1. The van der Waals surface area contributed by atoms with Gasteiger partial charge in [-0.15, -0.1) is 0 Å². The Morgan fingerprint density at radius 2 is 2.06 bits per heavy atom. The van der Waals surface area contributed by atoms with E-state index in [1.54, 1.807) is 0 Å². The van der Waals surface area contributed by atoms with Crippen molar-refractivity contribution in [2.75, 3.05) is 6.54 Å². The second kappa shape index (κ2) is 5.17. The van der Waals surface area contributed by atoms with Crippen LogP contribution >= 0.6 is 0 Å². The van der Waals surface area contributed by atoms with Gasteiger partial charge in [0, 0.05) is 11.9 Å². The predicted octanol–water partition coefficient (Wildman–Crippen LogP) is 2.99. The smallest absolute Gasteiger partial charge is 0.253 e. The summed E-state index contributed by atoms with van der Waals surface area (Å²) in [7, 11) is 0. The van der Waals surface area contributed by atoms with E-state index in [2.05, 4.69) is 16.4 Å². The minimum absolute atomic E-state index is 0.0368. The van der Waals surface area contributed by atoms with E-state index in [9.17, 15) is 4.79 Å². The van der Waals surface area contributed by atoms with Crippen LogP contribution in [-0.4, -0.2) is 17.4 Å². The van der Waals surface area contributed by atoms with Crippen LogP contribution in [0.5, 0.6) is 0 Å². The molecule has 0 aliphatic rings. The molecular formula is C15H18N2O. The molecule has 1 aromatic heterocycles. The lowest BCUT2D eigenvalue weighted by molar-refractivity contribution is 0.0953. The molecule has 0 aliphatic carbocycles. The third-order valence-electron chi connectivity index (χ3n) is 2.94. The Labute approximate surface area is 107 Å². The normalized spacial score (nSPS) is 10.6. The van der Waals surface area contributed by atoms with Crippen LogP contribution < -0.4 is 5.32 Å². The molecule has 1 N–H and O–H groups in total. The molecule has 1 amide bonds. The lowest BCUT2D eigenvalue weighted by Gasteiger charge is -2.08. The molecule has 0 aliphatic heterocycles. The number of aryl methyl sites for hydroxylation is 2. The van der Waals surface area contributed by atoms with Gasteiger partial charge < -0.3 is 5.32 Å². The zero-order chi connectivity index (χ0) is 13.1. The highest BCUT2D eigenvalue weighted by atomic mass is 16.1. The minimum Gasteiger partial charge on any atom is -0.352 e. The third kappa shape index (κ3) is 2.50. The maximum Gasteiger partial charge on any atom is 0.253 e. The summed E-state index contributed by atoms with van der Waals surface area (Å²) in [6.45, 7) is 6.65. The van der Waals surface area contributed by atoms with Gasteiger partial charge in [0.25, 0.3) is 5.91 Å². The Morgan fingerprint density at radius 3 is 2.78 bits per heavy atom. The molecule has 0 fully saturated rings. The zero-order valence-electron chi connectivity index (χ0n) is 11.1. The van der Waals surface area contributed by atoms with E-state index in [1.165, 1.54) is 5.56 Å². The quantitative estimate of drug-likeness (QED) is 0.899. The van der Waals surface area contributed by atoms with Gasteiger partial charge in [-0.05, 0) is 38.5 Å². The number of amides is 1. The molecule has 2 rings (SSSR count). The molecule has 0 atom stereocenters. The van der Waals surface area contributed by atoms with Crippen LogP contribution in [0.1, 0.15) is 35.0 Å². The number of nitrogens with one attached hydrogen (secondary N) is 1. The summed E-state index contributed by atoms with van der Waals surface area (Å²) < 4.78 is 0. The topological polar surface area (TPSA) is 42.0 Å². The first kappa shape index (κ1) is 12.6. The molecule has 0 unspecified atom stereocenters. The predicted molar refractivity (Wildman–Crippen MR) is 73.8 cm³/mol. The van der Waals surface area contributed by atoms with Crippen molar-refractivity contribution in [3.05, 3.63) is 41.1 Å². The van der Waals surface area contributed by atoms with E-state index < -0.39 is 0 Å². The Kier molecular flexibility index (Phi) is 3.60. The standard InChI is InChI=1S/C15H18N2O/c1-4-7-16-15(18)13-9-12-8-10(2)5-6-14(12)17-11(13)3/h5-6,8-9H,4,7H2,1-3H3,(H,16,18). The van der Waals surface area contributed by atoms with E-state index in [1.807, 2.05) is 39.0 Å². The number of rotatable bonds is 3. The number of benzene rings is 1. The van der Waals surface area contributed by atoms with Gasteiger partial charge >= 0.3 is 0 Å². The summed E-state index contributed by atoms with van der Waals surface area (Å²) in [5, 5.41) is 3.91. The number of nitrogens with zero attached hydrogens (tertiary/aromatic N) is 1. The van der Waals surface area contributed by atoms with Crippen molar-refractivity contribution in [3.63, 3.8) is 0 Å². The first-order valence-corrected chi connectivity index (χ1v) is 6.28. The summed E-state index contributed by atoms with van der Waals surface area (Å²) in [5.41, 5.74) is 3.56. The number of hydrogen-bond donors (Lipinski definition) is 1. The monoisotopic (exact) mass is 242 g/mol. The van der Waals surface area contributed by atoms with Crippen LogP contribution in [-0.2, 0) is 0 Å². The number of carbonyl (C=O) groups excluding carboxylic acids is 1. The molecule has 0 saturated heterocycles. The maximum atomic E-state index is 12.0. The zero-order valence-corrected chi connectivity index (χ0v) is 11.1. The van der Waals surface area contributed by atoms with E-state index >= 15 is 0 Å². The van der Waals surface area contributed by atoms with Crippen LogP contribution in [0.25, 0.3) is 10.9 Å². The third-order valence-corrected chi connectivity index (χ3v) is 2.94. The van der Waals surface area contributed by atoms with Crippen molar-refractivity contribution < 1.29 is 4.79 Å². The Balaban J connectivity index is 2.44. The van der Waals surface area contributed by atoms with Gasteiger partial charge in [0.2, 0.25) is 0 Å². The van der Waals surface area contributed by atoms with Crippen molar-refractivity contribution in [2.24, 2.45) is 0 Å². The molecule has 1 aromatic carbocycles. The summed E-state index contributed by atoms with van der Waals surface area (Å²) in [6, 6.07) is 8.00. The highest BCUT2D eigenvalue weighted by Gasteiger charge is 2.10. The van der Waals surface area contributed by atoms with Gasteiger partial charge in [0.1, 0.15) is 0 Å². The Morgan fingerprint density at radius 1 is 1.28 bits per heavy atom. The molecule has 0 saturated carbocycles. The highest BCUT2D eigenvalue weighted by Crippen LogP contribution is 2.18. The van der Waals surface area contributed by atoms with Gasteiger partial charge in [-0.25, -0.2) is 0 Å². The second-order valence-corrected chi connectivity index (χ2v) is 4.57. The molecule has 3 nitrogen and oxygen atoms in total. The van der Waals surface area contributed by atoms with E-state index in [-0.39, 0.29) is 5.91 Å². The molecule has 94 valence electrons. The lowest BCUT2D eigenvalue weighted by atomic mass is 10.1. The summed E-state index contributed by atoms with van der Waals surface area (Å²) in [4.78, 5) is 16.5. The van der Waals surface area contributed by atoms with E-state index in [4.69, 9.17) is 0 Å². The van der Waals surface area contributed by atoms with Crippen molar-refractivity contribution in [3.8, 4) is 0 Å². The highest BCUT2D eigenvalue weighted by molar-refractivity contribution is 5.98. The van der Waals surface area contributed by atoms with Gasteiger partial charge in [-0.3, -0.25) is 9.78 Å². The molecule has 18 heavy (non-hydrogen) atoms. The second-order valence-electron chi connectivity index (χ2n) is 4.57. The average Bonchev–Trinajstić information content (AvgIpc) is 2.35. The molecule has 0 radical (unpaired) electrons. The maximum absolute atomic E-state index is 12.0. The fraction of sp³-hybridized carbons (Fsp3) is 0.333. The lowest BCUT2D eigenvalue weighted by Crippen LogP contribution is -2.25. The fourth-order valence-corrected chi connectivity index (χ4v) is 1.96. The summed E-state index contributed by atoms with van der Waals surface area (Å²) in [6.07, 6.45) is 0.935. The molecule has 0 bridgehead atoms. The van der Waals surface area contributed by atoms with Gasteiger partial charge in [-0.1, -0.05) is 18.6 Å². The largest absolute Gasteiger partial charge is 0.352 e. The van der Waals surface area contributed by atoms with Crippen molar-refractivity contribution in [2.45, 2.75) is 27.2 Å². The van der Waals surface area contributed by atoms with Crippen LogP contribution in [0.2, 0.25) is 0 Å². The van der Waals surface area contributed by atoms with E-state index in [0.717, 1.165) is 23.0 Å². The molecule has 1 heterocycles. The fourth-order valence-electron chi connectivity index (χ4n) is 1.96. The SMILES string of the molecule is CCCNC(=O)c1cc2cc(C)ccc2nc1C. The van der Waals surface area contributed by atoms with Gasteiger partial charge in [0.15, 0.2) is 0 Å². The molecule has 3 heteroatoms. The number of fused-ring (bicyclic) bond motifs is 1. The van der Waals surface area contributed by atoms with Crippen molar-refractivity contribution >= 4 is 16.8 Å². The molecule has 0 spiro atoms. The number of carbonyl (C=O) groups is 1. The summed E-state index contributed by atoms with van der Waals surface area (Å²) in [5.74, 6) is -0.0368. The Hall–Kier alpha value is -1.90. The molecule has 2 aromatic rings. The van der Waals surface area contributed by atoms with Gasteiger partial charge in [-0.2, -0.15) is 0 Å². The first-order chi connectivity index (χ1) is 8.61. The van der Waals surface area contributed by atoms with Gasteiger partial charge in [0.05, 0.1) is 16.8 Å². The van der Waals surface area contributed by atoms with Crippen molar-refractivity contribution in [1.29, 1.82) is 0 Å². The number of aromatic nitrogens is 1. The molecular weight excluding hydrogens is 224 g/mol. The van der Waals surface area contributed by atoms with Crippen LogP contribution in [0, 0.1) is 13.8 Å². The summed E-state index contributed by atoms with van der Waals surface area (Å²) >= 11 is 0.